The maximum atomic E-state index is 13.4. The zero-order valence-corrected chi connectivity index (χ0v) is 33.9. The molecule has 1 amide bonds. The van der Waals surface area contributed by atoms with Crippen molar-refractivity contribution in [3.05, 3.63) is 110 Å². The summed E-state index contributed by atoms with van der Waals surface area (Å²) in [6.07, 6.45) is 4.34. The molecule has 3 fully saturated rings. The Morgan fingerprint density at radius 3 is 2.48 bits per heavy atom. The van der Waals surface area contributed by atoms with Crippen LogP contribution >= 0.6 is 22.9 Å². The average molecular weight is 792 g/mol. The number of hydrogen-bond acceptors (Lipinski definition) is 9. The number of piperidine rings is 2. The van der Waals surface area contributed by atoms with Gasteiger partial charge < -0.3 is 25.5 Å². The van der Waals surface area contributed by atoms with Crippen LogP contribution in [0.15, 0.2) is 71.0 Å². The van der Waals surface area contributed by atoms with Crippen LogP contribution in [-0.2, 0) is 10.2 Å². The van der Waals surface area contributed by atoms with E-state index in [-0.39, 0.29) is 23.6 Å². The number of nitrogens with one attached hydrogen (secondary N) is 2. The lowest BCUT2D eigenvalue weighted by atomic mass is 9.76. The van der Waals surface area contributed by atoms with Crippen molar-refractivity contribution < 1.29 is 9.90 Å². The number of benzene rings is 3. The molecule has 3 N–H and O–H groups in total. The Hall–Kier alpha value is -3.97. The summed E-state index contributed by atoms with van der Waals surface area (Å²) in [7, 11) is 0. The molecular weight excluding hydrogens is 742 g/mol. The Morgan fingerprint density at radius 2 is 1.79 bits per heavy atom. The number of thiazole rings is 1. The highest BCUT2D eigenvalue weighted by molar-refractivity contribution is 7.13. The van der Waals surface area contributed by atoms with Crippen LogP contribution in [0, 0.1) is 6.92 Å². The van der Waals surface area contributed by atoms with Gasteiger partial charge in [0.05, 0.1) is 61.3 Å². The summed E-state index contributed by atoms with van der Waals surface area (Å²) in [5, 5.41) is 17.5. The number of carbonyl (C=O) groups is 1. The van der Waals surface area contributed by atoms with Gasteiger partial charge in [0.15, 0.2) is 0 Å². The Labute approximate surface area is 336 Å². The smallest absolute Gasteiger partial charge is 0.282 e. The van der Waals surface area contributed by atoms with Crippen LogP contribution < -0.4 is 16.2 Å². The molecule has 0 aliphatic carbocycles. The molecule has 292 valence electrons. The van der Waals surface area contributed by atoms with Gasteiger partial charge in [-0.25, -0.2) is 4.98 Å². The van der Waals surface area contributed by atoms with Gasteiger partial charge in [0.1, 0.15) is 5.82 Å². The van der Waals surface area contributed by atoms with Crippen LogP contribution in [0.25, 0.3) is 27.0 Å². The fourth-order valence-electron chi connectivity index (χ4n) is 9.94. The molecule has 0 saturated carbocycles. The number of nitrogens with zero attached hydrogens (tertiary/aromatic N) is 5. The van der Waals surface area contributed by atoms with Gasteiger partial charge in [0, 0.05) is 19.1 Å². The number of aryl methyl sites for hydroxylation is 1. The number of fused-ring (bicyclic) bond motifs is 5. The first-order valence-electron chi connectivity index (χ1n) is 20.1. The van der Waals surface area contributed by atoms with Crippen molar-refractivity contribution in [1.29, 1.82) is 0 Å². The maximum Gasteiger partial charge on any atom is 0.282 e. The van der Waals surface area contributed by atoms with Crippen LogP contribution in [0.2, 0.25) is 5.02 Å². The number of aliphatic hydroxyl groups excluding tert-OH is 1. The van der Waals surface area contributed by atoms with Gasteiger partial charge in [-0.3, -0.25) is 14.2 Å². The lowest BCUT2D eigenvalue weighted by Crippen LogP contribution is -2.50. The van der Waals surface area contributed by atoms with Gasteiger partial charge in [-0.05, 0) is 125 Å². The number of likely N-dealkylation sites (tertiary alicyclic amines) is 2. The van der Waals surface area contributed by atoms with E-state index in [1.165, 1.54) is 16.0 Å². The summed E-state index contributed by atoms with van der Waals surface area (Å²) in [5.74, 6) is 1.16. The molecule has 3 atom stereocenters. The van der Waals surface area contributed by atoms with Crippen molar-refractivity contribution in [3.8, 4) is 16.1 Å². The Bertz CT molecular complexity index is 2330. The highest BCUT2D eigenvalue weighted by Gasteiger charge is 2.42. The molecule has 9 rings (SSSR count). The molecule has 4 aliphatic heterocycles. The number of rotatable bonds is 8. The third kappa shape index (κ3) is 6.80. The summed E-state index contributed by atoms with van der Waals surface area (Å²) >= 11 is 8.18. The molecule has 5 aromatic rings. The van der Waals surface area contributed by atoms with E-state index >= 15 is 0 Å². The number of aromatic nitrogens is 3. The number of carbonyl (C=O) groups excluding carboxylic acids is 1. The van der Waals surface area contributed by atoms with E-state index in [9.17, 15) is 14.7 Å². The first-order valence-corrected chi connectivity index (χ1v) is 21.4. The van der Waals surface area contributed by atoms with Crippen molar-refractivity contribution in [1.82, 2.24) is 35.0 Å². The lowest BCUT2D eigenvalue weighted by Gasteiger charge is -2.43. The summed E-state index contributed by atoms with van der Waals surface area (Å²) in [4.78, 5) is 42.1. The highest BCUT2D eigenvalue weighted by atomic mass is 35.5. The molecule has 3 aromatic carbocycles. The summed E-state index contributed by atoms with van der Waals surface area (Å²) < 4.78 is 2.16. The van der Waals surface area contributed by atoms with E-state index < -0.39 is 11.5 Å². The zero-order valence-electron chi connectivity index (χ0n) is 32.3. The van der Waals surface area contributed by atoms with Crippen LogP contribution in [-0.4, -0.2) is 92.8 Å². The first kappa shape index (κ1) is 37.6. The molecule has 12 heteroatoms. The number of amides is 1. The molecule has 3 saturated heterocycles. The average Bonchev–Trinajstić information content (AvgIpc) is 3.90. The third-order valence-electron chi connectivity index (χ3n) is 12.9. The van der Waals surface area contributed by atoms with Gasteiger partial charge in [-0.15, -0.1) is 11.3 Å². The van der Waals surface area contributed by atoms with Crippen LogP contribution in [0.4, 0.5) is 0 Å². The Kier molecular flexibility index (Phi) is 10.1. The molecule has 0 unspecified atom stereocenters. The van der Waals surface area contributed by atoms with Crippen molar-refractivity contribution in [2.24, 2.45) is 0 Å². The van der Waals surface area contributed by atoms with Crippen LogP contribution in [0.1, 0.15) is 86.1 Å². The van der Waals surface area contributed by atoms with Gasteiger partial charge >= 0.3 is 0 Å². The van der Waals surface area contributed by atoms with Crippen molar-refractivity contribution in [2.75, 3.05) is 39.3 Å². The minimum Gasteiger partial charge on any atom is -0.392 e. The number of β-amino-alcohol motifs (C(OH)–C–C–N with tert-alkyl or cyclic N) is 1. The summed E-state index contributed by atoms with van der Waals surface area (Å²) in [5.41, 5.74) is 9.03. The monoisotopic (exact) mass is 791 g/mol. The fourth-order valence-corrected chi connectivity index (χ4v) is 11.0. The number of halogens is 1. The predicted octanol–water partition coefficient (Wildman–Crippen LogP) is 6.33. The van der Waals surface area contributed by atoms with Crippen molar-refractivity contribution >= 4 is 39.7 Å². The van der Waals surface area contributed by atoms with E-state index in [0.717, 1.165) is 92.3 Å². The first-order chi connectivity index (χ1) is 27.1. The molecule has 56 heavy (non-hydrogen) atoms. The molecule has 10 nitrogen and oxygen atoms in total. The largest absolute Gasteiger partial charge is 0.392 e. The van der Waals surface area contributed by atoms with Gasteiger partial charge in [0.25, 0.3) is 5.56 Å². The van der Waals surface area contributed by atoms with E-state index in [1.54, 1.807) is 17.4 Å². The molecule has 0 spiro atoms. The SMILES string of the molecule is Cc1ncsc1-c1ccc([C@H](CN2CCC(N3CCC(c4cccc5c4C(C)(C)c4nc(=O)c6c(Cl)cccc6n4-5)CC3)CC2)NC(=O)[C@@H]2C[C@@H](O)CN2)cc1. The van der Waals surface area contributed by atoms with E-state index in [2.05, 4.69) is 91.3 Å². The van der Waals surface area contributed by atoms with Gasteiger partial charge in [0.2, 0.25) is 5.91 Å². The summed E-state index contributed by atoms with van der Waals surface area (Å²) in [6.45, 7) is 11.7. The Morgan fingerprint density at radius 1 is 1.04 bits per heavy atom. The quantitative estimate of drug-likeness (QED) is 0.167. The second-order valence-electron chi connectivity index (χ2n) is 16.7. The molecular formula is C44H50ClN7O3S. The molecule has 0 bridgehead atoms. The fraction of sp³-hybridized carbons (Fsp3) is 0.455. The highest BCUT2D eigenvalue weighted by Crippen LogP contribution is 2.48. The van der Waals surface area contributed by atoms with Crippen molar-refractivity contribution in [3.63, 3.8) is 0 Å². The lowest BCUT2D eigenvalue weighted by molar-refractivity contribution is -0.123. The molecule has 4 aliphatic rings. The van der Waals surface area contributed by atoms with E-state index in [4.69, 9.17) is 11.6 Å². The predicted molar refractivity (Wildman–Crippen MR) is 223 cm³/mol. The summed E-state index contributed by atoms with van der Waals surface area (Å²) in [6, 6.07) is 20.9. The standard InChI is InChI=1S/C44H50ClN7O3S/c1-26-40(56-25-47-26)29-12-10-28(11-13-29)35(48-41(54)34-22-31(53)23-46-34)24-50-18-16-30(17-19-50)51-20-14-27(15-21-51)32-6-4-9-37-39(32)44(2,3)43-49-42(55)38-33(45)7-5-8-36(38)52(37)43/h4-13,25,27,30-31,34-35,46,53H,14-24H2,1-3H3,(H,48,54)/t31-,34+,35+/m1/s1. The van der Waals surface area contributed by atoms with Crippen LogP contribution in [0.5, 0.6) is 0 Å². The van der Waals surface area contributed by atoms with Crippen LogP contribution in [0.3, 0.4) is 0 Å². The molecule has 2 aromatic heterocycles. The minimum absolute atomic E-state index is 0.0502. The molecule has 6 heterocycles. The van der Waals surface area contributed by atoms with Crippen molar-refractivity contribution in [2.45, 2.75) is 88.4 Å². The number of hydrogen-bond donors (Lipinski definition) is 3. The van der Waals surface area contributed by atoms with E-state index in [1.807, 2.05) is 24.6 Å². The zero-order chi connectivity index (χ0) is 38.7. The minimum atomic E-state index is -0.488. The maximum absolute atomic E-state index is 13.4. The third-order valence-corrected chi connectivity index (χ3v) is 14.2. The van der Waals surface area contributed by atoms with Gasteiger partial charge in [-0.1, -0.05) is 54.1 Å². The Balaban J connectivity index is 0.861. The van der Waals surface area contributed by atoms with Gasteiger partial charge in [-0.2, -0.15) is 4.98 Å². The molecule has 0 radical (unpaired) electrons. The second kappa shape index (κ2) is 15.1. The van der Waals surface area contributed by atoms with E-state index in [0.29, 0.717) is 35.3 Å². The topological polar surface area (TPSA) is 116 Å². The normalized spacial score (nSPS) is 22.3. The second-order valence-corrected chi connectivity index (χ2v) is 18.0. The number of aliphatic hydroxyl groups is 1.